The molecule has 0 aliphatic carbocycles. The van der Waals surface area contributed by atoms with Gasteiger partial charge in [-0.1, -0.05) is 11.6 Å². The summed E-state index contributed by atoms with van der Waals surface area (Å²) in [5, 5.41) is 3.28. The first-order valence-electron chi connectivity index (χ1n) is 6.87. The molecule has 0 spiro atoms. The fourth-order valence-corrected chi connectivity index (χ4v) is 3.79. The number of halogens is 4. The quantitative estimate of drug-likeness (QED) is 0.706. The lowest BCUT2D eigenvalue weighted by Crippen LogP contribution is -2.44. The summed E-state index contributed by atoms with van der Waals surface area (Å²) in [6.07, 6.45) is 0.701. The van der Waals surface area contributed by atoms with E-state index in [2.05, 4.69) is 14.9 Å². The Balaban J connectivity index is 0.00000242. The predicted octanol–water partition coefficient (Wildman–Crippen LogP) is 1.90. The van der Waals surface area contributed by atoms with E-state index < -0.39 is 15.8 Å². The summed E-state index contributed by atoms with van der Waals surface area (Å²) in [4.78, 5) is 2.06. The highest BCUT2D eigenvalue weighted by Crippen LogP contribution is 2.21. The third-order valence-electron chi connectivity index (χ3n) is 3.34. The molecule has 1 aromatic carbocycles. The van der Waals surface area contributed by atoms with Gasteiger partial charge >= 0.3 is 0 Å². The van der Waals surface area contributed by atoms with E-state index in [0.717, 1.165) is 44.9 Å². The summed E-state index contributed by atoms with van der Waals surface area (Å²) in [6.45, 7) is 5.01. The van der Waals surface area contributed by atoms with Crippen molar-refractivity contribution < 1.29 is 12.8 Å². The molecule has 1 aromatic rings. The first-order valence-corrected chi connectivity index (χ1v) is 8.73. The maximum Gasteiger partial charge on any atom is 0.242 e. The smallest absolute Gasteiger partial charge is 0.242 e. The minimum absolute atomic E-state index is 0. The number of hydrogen-bond donors (Lipinski definition) is 2. The molecule has 2 N–H and O–H groups in total. The van der Waals surface area contributed by atoms with Crippen LogP contribution in [0.1, 0.15) is 6.42 Å². The number of benzene rings is 1. The predicted molar refractivity (Wildman–Crippen MR) is 95.0 cm³/mol. The van der Waals surface area contributed by atoms with Crippen molar-refractivity contribution in [1.29, 1.82) is 0 Å². The van der Waals surface area contributed by atoms with Gasteiger partial charge in [-0.15, -0.1) is 24.8 Å². The highest BCUT2D eigenvalue weighted by atomic mass is 35.5. The Kier molecular flexibility index (Phi) is 10.6. The lowest BCUT2D eigenvalue weighted by molar-refractivity contribution is 0.239. The summed E-state index contributed by atoms with van der Waals surface area (Å²) in [5.41, 5.74) is 0. The molecule has 0 radical (unpaired) electrons. The second-order valence-corrected chi connectivity index (χ2v) is 7.06. The van der Waals surface area contributed by atoms with Crippen LogP contribution in [0.25, 0.3) is 0 Å². The fourth-order valence-electron chi connectivity index (χ4n) is 2.20. The molecular weight excluding hydrogens is 388 g/mol. The van der Waals surface area contributed by atoms with Crippen LogP contribution in [0, 0.1) is 5.82 Å². The number of piperazine rings is 1. The topological polar surface area (TPSA) is 61.4 Å². The molecule has 0 bridgehead atoms. The Morgan fingerprint density at radius 1 is 1.26 bits per heavy atom. The van der Waals surface area contributed by atoms with E-state index in [9.17, 15) is 12.8 Å². The van der Waals surface area contributed by atoms with Crippen LogP contribution < -0.4 is 10.0 Å². The Morgan fingerprint density at radius 3 is 2.57 bits per heavy atom. The third kappa shape index (κ3) is 7.09. The van der Waals surface area contributed by atoms with Crippen molar-refractivity contribution in [3.8, 4) is 0 Å². The average Bonchev–Trinajstić information content (AvgIpc) is 2.47. The first-order chi connectivity index (χ1) is 9.99. The van der Waals surface area contributed by atoms with Gasteiger partial charge in [-0.05, 0) is 31.2 Å². The SMILES string of the molecule is Cl.Cl.O=S(=O)(NCCCN1CCNCC1)c1cc(F)ccc1Cl. The molecule has 134 valence electrons. The van der Waals surface area contributed by atoms with Crippen LogP contribution in [0.3, 0.4) is 0 Å². The van der Waals surface area contributed by atoms with Crippen molar-refractivity contribution in [2.24, 2.45) is 0 Å². The van der Waals surface area contributed by atoms with E-state index in [0.29, 0.717) is 13.0 Å². The van der Waals surface area contributed by atoms with Crippen LogP contribution >= 0.6 is 36.4 Å². The van der Waals surface area contributed by atoms with E-state index >= 15 is 0 Å². The molecule has 1 heterocycles. The summed E-state index contributed by atoms with van der Waals surface area (Å²) >= 11 is 5.81. The van der Waals surface area contributed by atoms with Crippen LogP contribution in [0.4, 0.5) is 4.39 Å². The molecule has 1 aliphatic rings. The second kappa shape index (κ2) is 10.7. The monoisotopic (exact) mass is 407 g/mol. The number of rotatable bonds is 6. The Hall–Kier alpha value is -0.150. The molecule has 0 unspecified atom stereocenters. The van der Waals surface area contributed by atoms with Gasteiger partial charge in [0.1, 0.15) is 10.7 Å². The zero-order valence-electron chi connectivity index (χ0n) is 12.4. The normalized spacial score (nSPS) is 15.6. The lowest BCUT2D eigenvalue weighted by Gasteiger charge is -2.27. The Labute approximate surface area is 153 Å². The molecule has 10 heteroatoms. The number of sulfonamides is 1. The minimum Gasteiger partial charge on any atom is -0.314 e. The van der Waals surface area contributed by atoms with Gasteiger partial charge in [0.2, 0.25) is 10.0 Å². The molecule has 0 saturated carbocycles. The molecule has 1 fully saturated rings. The van der Waals surface area contributed by atoms with Gasteiger partial charge in [0.05, 0.1) is 5.02 Å². The highest BCUT2D eigenvalue weighted by Gasteiger charge is 2.18. The van der Waals surface area contributed by atoms with Crippen LogP contribution in [0.2, 0.25) is 5.02 Å². The molecular formula is C13H21Cl3FN3O2S. The highest BCUT2D eigenvalue weighted by molar-refractivity contribution is 7.89. The fraction of sp³-hybridized carbons (Fsp3) is 0.538. The van der Waals surface area contributed by atoms with E-state index in [1.165, 1.54) is 6.07 Å². The lowest BCUT2D eigenvalue weighted by atomic mass is 10.3. The molecule has 2 rings (SSSR count). The second-order valence-electron chi connectivity index (χ2n) is 4.92. The van der Waals surface area contributed by atoms with E-state index in [4.69, 9.17) is 11.6 Å². The van der Waals surface area contributed by atoms with Gasteiger partial charge in [-0.25, -0.2) is 17.5 Å². The molecule has 1 saturated heterocycles. The van der Waals surface area contributed by atoms with Gasteiger partial charge in [0.15, 0.2) is 0 Å². The van der Waals surface area contributed by atoms with Gasteiger partial charge in [0, 0.05) is 32.7 Å². The number of nitrogens with zero attached hydrogens (tertiary/aromatic N) is 1. The van der Waals surface area contributed by atoms with Crippen LogP contribution in [0.15, 0.2) is 23.1 Å². The molecule has 1 aliphatic heterocycles. The standard InChI is InChI=1S/C13H19ClFN3O2S.2ClH/c14-12-3-2-11(15)10-13(12)21(19,20)17-4-1-7-18-8-5-16-6-9-18;;/h2-3,10,16-17H,1,4-9H2;2*1H. The number of hydrogen-bond acceptors (Lipinski definition) is 4. The summed E-state index contributed by atoms with van der Waals surface area (Å²) in [6, 6.07) is 3.30. The summed E-state index contributed by atoms with van der Waals surface area (Å²) in [5.74, 6) is -0.624. The van der Waals surface area contributed by atoms with Gasteiger partial charge in [0.25, 0.3) is 0 Å². The van der Waals surface area contributed by atoms with Crippen molar-refractivity contribution in [1.82, 2.24) is 14.9 Å². The van der Waals surface area contributed by atoms with Crippen LogP contribution in [-0.2, 0) is 10.0 Å². The zero-order chi connectivity index (χ0) is 15.3. The van der Waals surface area contributed by atoms with Crippen molar-refractivity contribution in [3.63, 3.8) is 0 Å². The summed E-state index contributed by atoms with van der Waals surface area (Å²) < 4.78 is 39.7. The Bertz CT molecular complexity index is 584. The van der Waals surface area contributed by atoms with E-state index in [-0.39, 0.29) is 34.7 Å². The van der Waals surface area contributed by atoms with Crippen molar-refractivity contribution in [2.75, 3.05) is 39.3 Å². The minimum atomic E-state index is -3.77. The average molecular weight is 409 g/mol. The largest absolute Gasteiger partial charge is 0.314 e. The molecule has 0 amide bonds. The Morgan fingerprint density at radius 2 is 1.91 bits per heavy atom. The molecule has 0 atom stereocenters. The zero-order valence-corrected chi connectivity index (χ0v) is 15.6. The summed E-state index contributed by atoms with van der Waals surface area (Å²) in [7, 11) is -3.77. The van der Waals surface area contributed by atoms with Crippen molar-refractivity contribution >= 4 is 46.4 Å². The molecule has 0 aromatic heterocycles. The first kappa shape index (κ1) is 22.9. The van der Waals surface area contributed by atoms with E-state index in [1.807, 2.05) is 0 Å². The van der Waals surface area contributed by atoms with Crippen LogP contribution in [-0.4, -0.2) is 52.6 Å². The van der Waals surface area contributed by atoms with Crippen LogP contribution in [0.5, 0.6) is 0 Å². The van der Waals surface area contributed by atoms with Crippen molar-refractivity contribution in [2.45, 2.75) is 11.3 Å². The number of nitrogens with one attached hydrogen (secondary N) is 2. The third-order valence-corrected chi connectivity index (χ3v) is 5.28. The van der Waals surface area contributed by atoms with Crippen molar-refractivity contribution in [3.05, 3.63) is 29.0 Å². The maximum atomic E-state index is 13.1. The van der Waals surface area contributed by atoms with Gasteiger partial charge < -0.3 is 10.2 Å². The molecule has 23 heavy (non-hydrogen) atoms. The molecule has 5 nitrogen and oxygen atoms in total. The maximum absolute atomic E-state index is 13.1. The van der Waals surface area contributed by atoms with E-state index in [1.54, 1.807) is 0 Å². The van der Waals surface area contributed by atoms with Gasteiger partial charge in [-0.2, -0.15) is 0 Å². The van der Waals surface area contributed by atoms with Gasteiger partial charge in [-0.3, -0.25) is 0 Å².